The van der Waals surface area contributed by atoms with Crippen LogP contribution >= 0.6 is 0 Å². The van der Waals surface area contributed by atoms with E-state index in [-0.39, 0.29) is 5.97 Å². The second-order valence-corrected chi connectivity index (χ2v) is 5.39. The van der Waals surface area contributed by atoms with Crippen molar-refractivity contribution in [2.75, 3.05) is 14.2 Å². The fourth-order valence-electron chi connectivity index (χ4n) is 2.90. The molecule has 0 bridgehead atoms. The van der Waals surface area contributed by atoms with E-state index >= 15 is 0 Å². The molecule has 1 unspecified atom stereocenters. The van der Waals surface area contributed by atoms with Gasteiger partial charge in [0.2, 0.25) is 0 Å². The third-order valence-corrected chi connectivity index (χ3v) is 3.76. The van der Waals surface area contributed by atoms with Crippen molar-refractivity contribution in [2.45, 2.75) is 26.4 Å². The number of benzene rings is 1. The van der Waals surface area contributed by atoms with Crippen molar-refractivity contribution >= 4 is 19.3 Å². The van der Waals surface area contributed by atoms with E-state index in [1.54, 1.807) is 7.11 Å². The predicted molar refractivity (Wildman–Crippen MR) is 72.9 cm³/mol. The molecule has 0 saturated carbocycles. The second-order valence-electron chi connectivity index (χ2n) is 5.39. The van der Waals surface area contributed by atoms with Crippen LogP contribution in [0.15, 0.2) is 12.1 Å². The fourth-order valence-corrected chi connectivity index (χ4v) is 2.90. The fraction of sp³-hybridized carbons (Fsp3) is 0.500. The van der Waals surface area contributed by atoms with Crippen molar-refractivity contribution in [3.63, 3.8) is 0 Å². The lowest BCUT2D eigenvalue weighted by molar-refractivity contribution is -0.151. The minimum atomic E-state index is -0.409. The van der Waals surface area contributed by atoms with Gasteiger partial charge < -0.3 is 9.47 Å². The number of ether oxygens (including phenoxy) is 2. The molecule has 4 heteroatoms. The van der Waals surface area contributed by atoms with Gasteiger partial charge in [-0.15, -0.1) is 0 Å². The van der Waals surface area contributed by atoms with Gasteiger partial charge >= 0.3 is 5.97 Å². The summed E-state index contributed by atoms with van der Waals surface area (Å²) in [6, 6.07) is 4.30. The maximum Gasteiger partial charge on any atom is 0.312 e. The van der Waals surface area contributed by atoms with Gasteiger partial charge in [0.1, 0.15) is 7.85 Å². The Bertz CT molecular complexity index is 484. The third kappa shape index (κ3) is 2.17. The van der Waals surface area contributed by atoms with Crippen LogP contribution in [0, 0.1) is 5.41 Å². The van der Waals surface area contributed by atoms with Gasteiger partial charge in [-0.3, -0.25) is 4.79 Å². The number of hydrogen-bond acceptors (Lipinski definition) is 3. The molecule has 1 aromatic carbocycles. The molecule has 0 N–H and O–H groups in total. The Kier molecular flexibility index (Phi) is 3.48. The molecule has 0 saturated heterocycles. The zero-order chi connectivity index (χ0) is 13.3. The molecular formula is C14H19BO3. The molecule has 3 nitrogen and oxygen atoms in total. The molecule has 96 valence electrons. The highest BCUT2D eigenvalue weighted by Gasteiger charge is 2.41. The number of hydrogen-bond donors (Lipinski definition) is 0. The first-order valence-corrected chi connectivity index (χ1v) is 6.19. The highest BCUT2D eigenvalue weighted by atomic mass is 16.5. The van der Waals surface area contributed by atoms with Crippen LogP contribution in [-0.2, 0) is 33.7 Å². The minimum Gasteiger partial charge on any atom is -0.469 e. The first kappa shape index (κ1) is 13.2. The summed E-state index contributed by atoms with van der Waals surface area (Å²) in [5, 5.41) is 0. The van der Waals surface area contributed by atoms with E-state index in [9.17, 15) is 4.79 Å². The van der Waals surface area contributed by atoms with Crippen molar-refractivity contribution in [1.29, 1.82) is 0 Å². The topological polar surface area (TPSA) is 35.5 Å². The summed E-state index contributed by atoms with van der Waals surface area (Å²) in [4.78, 5) is 11.9. The lowest BCUT2D eigenvalue weighted by Gasteiger charge is -2.19. The molecule has 1 aromatic rings. The zero-order valence-corrected chi connectivity index (χ0v) is 11.5. The van der Waals surface area contributed by atoms with Crippen molar-refractivity contribution in [2.24, 2.45) is 5.41 Å². The lowest BCUT2D eigenvalue weighted by Crippen LogP contribution is -2.30. The smallest absolute Gasteiger partial charge is 0.312 e. The van der Waals surface area contributed by atoms with E-state index in [0.717, 1.165) is 12.8 Å². The number of fused-ring (bicyclic) bond motifs is 1. The Labute approximate surface area is 109 Å². The SMILES string of the molecule is Bc1cc(COC)cc2c1CC(C)(C(=O)OC)C2. The van der Waals surface area contributed by atoms with Gasteiger partial charge in [0.25, 0.3) is 0 Å². The molecule has 2 rings (SSSR count). The average molecular weight is 246 g/mol. The summed E-state index contributed by atoms with van der Waals surface area (Å²) in [7, 11) is 5.25. The monoisotopic (exact) mass is 246 g/mol. The van der Waals surface area contributed by atoms with Gasteiger partial charge in [0, 0.05) is 7.11 Å². The number of methoxy groups -OCH3 is 2. The van der Waals surface area contributed by atoms with E-state index in [2.05, 4.69) is 20.0 Å². The maximum atomic E-state index is 11.9. The quantitative estimate of drug-likeness (QED) is 0.571. The molecule has 0 heterocycles. The number of rotatable bonds is 3. The minimum absolute atomic E-state index is 0.119. The van der Waals surface area contributed by atoms with Crippen LogP contribution in [0.25, 0.3) is 0 Å². The Balaban J connectivity index is 2.34. The molecule has 0 amide bonds. The standard InChI is InChI=1S/C14H19BO3/c1-14(13(16)18-3)6-10-4-9(8-17-2)5-12(15)11(10)7-14/h4-5H,6-8,15H2,1-3H3. The lowest BCUT2D eigenvalue weighted by atomic mass is 9.84. The van der Waals surface area contributed by atoms with Crippen LogP contribution < -0.4 is 5.46 Å². The van der Waals surface area contributed by atoms with Crippen LogP contribution in [0.2, 0.25) is 0 Å². The first-order chi connectivity index (χ1) is 8.50. The van der Waals surface area contributed by atoms with Crippen molar-refractivity contribution in [3.8, 4) is 0 Å². The van der Waals surface area contributed by atoms with E-state index in [0.29, 0.717) is 6.61 Å². The molecule has 18 heavy (non-hydrogen) atoms. The molecule has 0 radical (unpaired) electrons. The summed E-state index contributed by atoms with van der Waals surface area (Å²) in [6.45, 7) is 2.59. The van der Waals surface area contributed by atoms with Gasteiger partial charge in [-0.05, 0) is 36.5 Å². The maximum absolute atomic E-state index is 11.9. The Morgan fingerprint density at radius 3 is 2.72 bits per heavy atom. The summed E-state index contributed by atoms with van der Waals surface area (Å²) < 4.78 is 10.1. The molecule has 1 aliphatic rings. The largest absolute Gasteiger partial charge is 0.469 e. The van der Waals surface area contributed by atoms with Crippen LogP contribution in [0.3, 0.4) is 0 Å². The summed E-state index contributed by atoms with van der Waals surface area (Å²) in [5.74, 6) is -0.119. The summed E-state index contributed by atoms with van der Waals surface area (Å²) >= 11 is 0. The predicted octanol–water partition coefficient (Wildman–Crippen LogP) is 0.369. The van der Waals surface area contributed by atoms with Crippen LogP contribution in [0.4, 0.5) is 0 Å². The molecule has 0 aliphatic heterocycles. The molecule has 0 aromatic heterocycles. The Hall–Kier alpha value is -1.29. The van der Waals surface area contributed by atoms with Crippen LogP contribution in [0.1, 0.15) is 23.6 Å². The van der Waals surface area contributed by atoms with Gasteiger partial charge in [-0.1, -0.05) is 17.6 Å². The van der Waals surface area contributed by atoms with Crippen LogP contribution in [-0.4, -0.2) is 28.0 Å². The molecular weight excluding hydrogens is 227 g/mol. The van der Waals surface area contributed by atoms with Crippen molar-refractivity contribution < 1.29 is 14.3 Å². The van der Waals surface area contributed by atoms with Crippen LogP contribution in [0.5, 0.6) is 0 Å². The molecule has 0 spiro atoms. The van der Waals surface area contributed by atoms with Crippen molar-refractivity contribution in [1.82, 2.24) is 0 Å². The van der Waals surface area contributed by atoms with Crippen molar-refractivity contribution in [3.05, 3.63) is 28.8 Å². The molecule has 1 aliphatic carbocycles. The number of carbonyl (C=O) groups is 1. The third-order valence-electron chi connectivity index (χ3n) is 3.76. The van der Waals surface area contributed by atoms with E-state index in [1.807, 2.05) is 6.92 Å². The highest BCUT2D eigenvalue weighted by molar-refractivity contribution is 6.33. The molecule has 0 fully saturated rings. The Morgan fingerprint density at radius 2 is 2.11 bits per heavy atom. The summed E-state index contributed by atoms with van der Waals surface area (Å²) in [6.07, 6.45) is 1.53. The summed E-state index contributed by atoms with van der Waals surface area (Å²) in [5.41, 5.74) is 4.56. The van der Waals surface area contributed by atoms with Gasteiger partial charge in [0.05, 0.1) is 19.1 Å². The van der Waals surface area contributed by atoms with Gasteiger partial charge in [-0.2, -0.15) is 0 Å². The van der Waals surface area contributed by atoms with Gasteiger partial charge in [0.15, 0.2) is 0 Å². The van der Waals surface area contributed by atoms with E-state index in [1.165, 1.54) is 29.3 Å². The number of esters is 1. The second kappa shape index (κ2) is 4.77. The molecule has 1 atom stereocenters. The highest BCUT2D eigenvalue weighted by Crippen LogP contribution is 2.37. The van der Waals surface area contributed by atoms with E-state index in [4.69, 9.17) is 9.47 Å². The normalized spacial score (nSPS) is 21.7. The zero-order valence-electron chi connectivity index (χ0n) is 11.5. The van der Waals surface area contributed by atoms with E-state index < -0.39 is 5.41 Å². The van der Waals surface area contributed by atoms with Gasteiger partial charge in [-0.25, -0.2) is 0 Å². The number of carbonyl (C=O) groups excluding carboxylic acids is 1. The first-order valence-electron chi connectivity index (χ1n) is 6.19. The average Bonchev–Trinajstić information content (AvgIpc) is 2.67. The Morgan fingerprint density at radius 1 is 1.39 bits per heavy atom.